The Hall–Kier alpha value is -1.37. The van der Waals surface area contributed by atoms with Crippen molar-refractivity contribution in [1.29, 1.82) is 0 Å². The van der Waals surface area contributed by atoms with Gasteiger partial charge in [0.25, 0.3) is 0 Å². The second-order valence-corrected chi connectivity index (χ2v) is 3.41. The molecule has 0 aliphatic rings. The molecule has 0 aliphatic heterocycles. The Kier molecular flexibility index (Phi) is 3.23. The van der Waals surface area contributed by atoms with E-state index < -0.39 is 17.4 Å². The first-order valence-corrected chi connectivity index (χ1v) is 4.67. The molecule has 0 aliphatic carbocycles. The van der Waals surface area contributed by atoms with Gasteiger partial charge in [0.15, 0.2) is 0 Å². The molecule has 4 N–H and O–H groups in total. The lowest BCUT2D eigenvalue weighted by Crippen LogP contribution is -2.37. The lowest BCUT2D eigenvalue weighted by Gasteiger charge is -2.12. The summed E-state index contributed by atoms with van der Waals surface area (Å²) in [7, 11) is 0. The highest BCUT2D eigenvalue weighted by molar-refractivity contribution is 7.80. The SMILES string of the molecule is CCCC(C(N)=S)n1c(=O)[nH][nH]c1=O. The topological polar surface area (TPSA) is 96.7 Å². The molecule has 6 nitrogen and oxygen atoms in total. The predicted octanol–water partition coefficient (Wildman–Crippen LogP) is -0.508. The van der Waals surface area contributed by atoms with Crippen LogP contribution in [0.5, 0.6) is 0 Å². The zero-order valence-corrected chi connectivity index (χ0v) is 8.56. The molecule has 0 spiro atoms. The molecular formula is C7H12N4O2S. The van der Waals surface area contributed by atoms with Gasteiger partial charge in [-0.15, -0.1) is 0 Å². The highest BCUT2D eigenvalue weighted by atomic mass is 32.1. The first-order chi connectivity index (χ1) is 6.57. The number of thiocarbonyl (C=S) groups is 1. The first-order valence-electron chi connectivity index (χ1n) is 4.26. The molecule has 1 heterocycles. The van der Waals surface area contributed by atoms with E-state index in [1.165, 1.54) is 0 Å². The van der Waals surface area contributed by atoms with Crippen molar-refractivity contribution in [2.75, 3.05) is 0 Å². The third-order valence-electron chi connectivity index (χ3n) is 1.92. The van der Waals surface area contributed by atoms with Crippen LogP contribution in [-0.4, -0.2) is 19.8 Å². The number of H-pyrrole nitrogens is 2. The highest BCUT2D eigenvalue weighted by Gasteiger charge is 2.18. The molecule has 0 amide bonds. The second-order valence-electron chi connectivity index (χ2n) is 2.94. The Balaban J connectivity index is 3.17. The minimum absolute atomic E-state index is 0.152. The van der Waals surface area contributed by atoms with Gasteiger partial charge in [-0.25, -0.2) is 24.4 Å². The van der Waals surface area contributed by atoms with Gasteiger partial charge in [-0.3, -0.25) is 0 Å². The van der Waals surface area contributed by atoms with Crippen LogP contribution in [0.25, 0.3) is 0 Å². The molecular weight excluding hydrogens is 204 g/mol. The minimum Gasteiger partial charge on any atom is -0.392 e. The Labute approximate surface area is 85.1 Å². The standard InChI is InChI=1S/C7H12N4O2S/c1-2-3-4(5(8)14)11-6(12)9-10-7(11)13/h4H,2-3H2,1H3,(H2,8,14)(H,9,12)(H,10,13). The number of rotatable bonds is 4. The minimum atomic E-state index is -0.513. The van der Waals surface area contributed by atoms with Gasteiger partial charge in [-0.05, 0) is 6.42 Å². The highest BCUT2D eigenvalue weighted by Crippen LogP contribution is 2.09. The molecule has 78 valence electrons. The average Bonchev–Trinajstić information content (AvgIpc) is 2.43. The van der Waals surface area contributed by atoms with Crippen LogP contribution in [0.3, 0.4) is 0 Å². The van der Waals surface area contributed by atoms with Crippen molar-refractivity contribution < 1.29 is 0 Å². The van der Waals surface area contributed by atoms with Crippen molar-refractivity contribution in [3.63, 3.8) is 0 Å². The van der Waals surface area contributed by atoms with Crippen LogP contribution in [0.2, 0.25) is 0 Å². The maximum Gasteiger partial charge on any atom is 0.344 e. The van der Waals surface area contributed by atoms with Gasteiger partial charge in [-0.1, -0.05) is 25.6 Å². The van der Waals surface area contributed by atoms with Crippen LogP contribution in [0.1, 0.15) is 25.8 Å². The molecule has 7 heteroatoms. The quantitative estimate of drug-likeness (QED) is 0.591. The largest absolute Gasteiger partial charge is 0.392 e. The molecule has 1 aromatic rings. The monoisotopic (exact) mass is 216 g/mol. The van der Waals surface area contributed by atoms with Crippen LogP contribution in [0, 0.1) is 0 Å². The number of nitrogens with two attached hydrogens (primary N) is 1. The molecule has 14 heavy (non-hydrogen) atoms. The smallest absolute Gasteiger partial charge is 0.344 e. The fourth-order valence-electron chi connectivity index (χ4n) is 1.27. The lowest BCUT2D eigenvalue weighted by molar-refractivity contribution is 0.550. The van der Waals surface area contributed by atoms with Crippen LogP contribution >= 0.6 is 12.2 Å². The van der Waals surface area contributed by atoms with Gasteiger partial charge in [0.2, 0.25) is 0 Å². The van der Waals surface area contributed by atoms with Gasteiger partial charge in [0.05, 0.1) is 11.0 Å². The van der Waals surface area contributed by atoms with E-state index in [1.807, 2.05) is 6.92 Å². The normalized spacial score (nSPS) is 12.6. The molecule has 1 atom stereocenters. The van der Waals surface area contributed by atoms with Gasteiger partial charge < -0.3 is 5.73 Å². The summed E-state index contributed by atoms with van der Waals surface area (Å²) < 4.78 is 1.01. The predicted molar refractivity (Wildman–Crippen MR) is 56.4 cm³/mol. The number of hydrogen-bond donors (Lipinski definition) is 3. The summed E-state index contributed by atoms with van der Waals surface area (Å²) in [5.41, 5.74) is 4.43. The Bertz CT molecular complexity index is 402. The molecule has 0 bridgehead atoms. The van der Waals surface area contributed by atoms with Gasteiger partial charge >= 0.3 is 11.4 Å². The summed E-state index contributed by atoms with van der Waals surface area (Å²) in [6.45, 7) is 1.93. The molecule has 1 aromatic heterocycles. The molecule has 1 unspecified atom stereocenters. The number of nitrogens with one attached hydrogen (secondary N) is 2. The molecule has 0 saturated heterocycles. The summed E-state index contributed by atoms with van der Waals surface area (Å²) in [5, 5.41) is 4.37. The van der Waals surface area contributed by atoms with E-state index in [9.17, 15) is 9.59 Å². The van der Waals surface area contributed by atoms with E-state index in [1.54, 1.807) is 0 Å². The van der Waals surface area contributed by atoms with E-state index in [0.717, 1.165) is 11.0 Å². The third-order valence-corrected chi connectivity index (χ3v) is 2.19. The van der Waals surface area contributed by atoms with Crippen LogP contribution in [0.15, 0.2) is 9.59 Å². The van der Waals surface area contributed by atoms with Crippen molar-refractivity contribution in [3.8, 4) is 0 Å². The fraction of sp³-hybridized carbons (Fsp3) is 0.571. The maximum absolute atomic E-state index is 11.2. The van der Waals surface area contributed by atoms with Crippen molar-refractivity contribution >= 4 is 17.2 Å². The Morgan fingerprint density at radius 3 is 2.36 bits per heavy atom. The van der Waals surface area contributed by atoms with E-state index in [0.29, 0.717) is 6.42 Å². The van der Waals surface area contributed by atoms with Gasteiger partial charge in [0, 0.05) is 0 Å². The third kappa shape index (κ3) is 1.92. The summed E-state index contributed by atoms with van der Waals surface area (Å²) in [5.74, 6) is 0. The Morgan fingerprint density at radius 2 is 2.00 bits per heavy atom. The van der Waals surface area contributed by atoms with Crippen LogP contribution < -0.4 is 17.1 Å². The summed E-state index contributed by atoms with van der Waals surface area (Å²) in [6.07, 6.45) is 1.37. The molecule has 0 aromatic carbocycles. The summed E-state index contributed by atoms with van der Waals surface area (Å²) in [4.78, 5) is 22.6. The number of aromatic nitrogens is 3. The van der Waals surface area contributed by atoms with Gasteiger partial charge in [0.1, 0.15) is 0 Å². The zero-order valence-electron chi connectivity index (χ0n) is 7.74. The van der Waals surface area contributed by atoms with Crippen molar-refractivity contribution in [3.05, 3.63) is 21.0 Å². The van der Waals surface area contributed by atoms with E-state index in [2.05, 4.69) is 10.2 Å². The Morgan fingerprint density at radius 1 is 1.50 bits per heavy atom. The van der Waals surface area contributed by atoms with E-state index in [4.69, 9.17) is 18.0 Å². The van der Waals surface area contributed by atoms with Crippen LogP contribution in [0.4, 0.5) is 0 Å². The lowest BCUT2D eigenvalue weighted by atomic mass is 10.1. The van der Waals surface area contributed by atoms with Crippen molar-refractivity contribution in [2.24, 2.45) is 5.73 Å². The maximum atomic E-state index is 11.2. The number of hydrogen-bond acceptors (Lipinski definition) is 3. The van der Waals surface area contributed by atoms with E-state index >= 15 is 0 Å². The first kappa shape index (κ1) is 10.7. The molecule has 0 saturated carbocycles. The van der Waals surface area contributed by atoms with Crippen LogP contribution in [-0.2, 0) is 0 Å². The van der Waals surface area contributed by atoms with Crippen molar-refractivity contribution in [1.82, 2.24) is 14.8 Å². The zero-order chi connectivity index (χ0) is 10.7. The van der Waals surface area contributed by atoms with Crippen molar-refractivity contribution in [2.45, 2.75) is 25.8 Å². The molecule has 0 radical (unpaired) electrons. The molecule has 1 rings (SSSR count). The van der Waals surface area contributed by atoms with E-state index in [-0.39, 0.29) is 4.99 Å². The number of nitrogens with zero attached hydrogens (tertiary/aromatic N) is 1. The second kappa shape index (κ2) is 4.23. The summed E-state index contributed by atoms with van der Waals surface area (Å²) in [6, 6.07) is -0.502. The summed E-state index contributed by atoms with van der Waals surface area (Å²) >= 11 is 4.80. The number of aromatic amines is 2. The fourth-order valence-corrected chi connectivity index (χ4v) is 1.50. The van der Waals surface area contributed by atoms with Gasteiger partial charge in [-0.2, -0.15) is 0 Å². The molecule has 0 fully saturated rings. The average molecular weight is 216 g/mol.